The monoisotopic (exact) mass is 295 g/mol. The summed E-state index contributed by atoms with van der Waals surface area (Å²) < 4.78 is 10.3. The van der Waals surface area contributed by atoms with Crippen molar-refractivity contribution in [2.24, 2.45) is 0 Å². The lowest BCUT2D eigenvalue weighted by molar-refractivity contribution is -0.384. The van der Waals surface area contributed by atoms with Crippen LogP contribution in [0, 0.1) is 10.1 Å². The summed E-state index contributed by atoms with van der Waals surface area (Å²) in [5.74, 6) is -0.00477. The number of anilines is 2. The molecule has 0 radical (unpaired) electrons. The third kappa shape index (κ3) is 3.40. The molecule has 1 aliphatic rings. The summed E-state index contributed by atoms with van der Waals surface area (Å²) in [7, 11) is 1.55. The van der Waals surface area contributed by atoms with Crippen molar-refractivity contribution < 1.29 is 19.2 Å². The van der Waals surface area contributed by atoms with Crippen LogP contribution in [0.25, 0.3) is 0 Å². The molecule has 114 valence electrons. The molecule has 0 unspecified atom stereocenters. The van der Waals surface area contributed by atoms with Crippen LogP contribution < -0.4 is 15.4 Å². The van der Waals surface area contributed by atoms with E-state index in [0.29, 0.717) is 18.0 Å². The topological polar surface area (TPSA) is 103 Å². The van der Waals surface area contributed by atoms with Crippen molar-refractivity contribution in [3.05, 3.63) is 22.2 Å². The molecular weight excluding hydrogens is 278 g/mol. The van der Waals surface area contributed by atoms with Crippen molar-refractivity contribution in [3.63, 3.8) is 0 Å². The maximum Gasteiger partial charge on any atom is 0.296 e. The van der Waals surface area contributed by atoms with Crippen LogP contribution in [0.1, 0.15) is 13.8 Å². The van der Waals surface area contributed by atoms with Crippen LogP contribution in [0.2, 0.25) is 0 Å². The van der Waals surface area contributed by atoms with Crippen LogP contribution >= 0.6 is 0 Å². The highest BCUT2D eigenvalue weighted by Crippen LogP contribution is 2.38. The Bertz CT molecular complexity index is 585. The van der Waals surface area contributed by atoms with E-state index >= 15 is 0 Å². The molecule has 0 aliphatic carbocycles. The lowest BCUT2D eigenvalue weighted by Gasteiger charge is -2.27. The van der Waals surface area contributed by atoms with E-state index in [-0.39, 0.29) is 24.0 Å². The number of rotatable bonds is 5. The van der Waals surface area contributed by atoms with Gasteiger partial charge in [0, 0.05) is 7.11 Å². The Labute approximate surface area is 121 Å². The molecule has 0 fully saturated rings. The third-order valence-corrected chi connectivity index (χ3v) is 2.91. The quantitative estimate of drug-likeness (QED) is 0.634. The smallest absolute Gasteiger partial charge is 0.296 e. The summed E-state index contributed by atoms with van der Waals surface area (Å²) in [4.78, 5) is 22.0. The molecular formula is C13H17N3O5. The minimum absolute atomic E-state index is 0.117. The van der Waals surface area contributed by atoms with E-state index in [2.05, 4.69) is 10.6 Å². The Morgan fingerprint density at radius 3 is 2.86 bits per heavy atom. The first-order valence-corrected chi connectivity index (χ1v) is 6.34. The first kappa shape index (κ1) is 15.0. The molecule has 1 aromatic rings. The number of hydrogen-bond donors (Lipinski definition) is 2. The molecule has 8 heteroatoms. The normalized spacial score (nSPS) is 14.0. The second-order valence-electron chi connectivity index (χ2n) is 5.40. The number of amides is 1. The fourth-order valence-corrected chi connectivity index (χ4v) is 2.13. The summed E-state index contributed by atoms with van der Waals surface area (Å²) in [5, 5.41) is 16.9. The van der Waals surface area contributed by atoms with Crippen LogP contribution in [0.15, 0.2) is 12.1 Å². The summed E-state index contributed by atoms with van der Waals surface area (Å²) >= 11 is 0. The molecule has 1 aromatic carbocycles. The molecule has 0 atom stereocenters. The predicted molar refractivity (Wildman–Crippen MR) is 76.8 cm³/mol. The predicted octanol–water partition coefficient (Wildman–Crippen LogP) is 1.76. The van der Waals surface area contributed by atoms with E-state index in [0.717, 1.165) is 0 Å². The van der Waals surface area contributed by atoms with Crippen molar-refractivity contribution in [3.8, 4) is 5.75 Å². The van der Waals surface area contributed by atoms with Gasteiger partial charge in [-0.25, -0.2) is 0 Å². The first-order valence-electron chi connectivity index (χ1n) is 6.34. The largest absolute Gasteiger partial charge is 0.481 e. The maximum absolute atomic E-state index is 11.3. The van der Waals surface area contributed by atoms with E-state index in [1.165, 1.54) is 12.1 Å². The van der Waals surface area contributed by atoms with Gasteiger partial charge in [0.2, 0.25) is 0 Å². The second kappa shape index (κ2) is 5.57. The van der Waals surface area contributed by atoms with Gasteiger partial charge < -0.3 is 20.1 Å². The van der Waals surface area contributed by atoms with Crippen LogP contribution in [0.4, 0.5) is 17.1 Å². The number of carbonyl (C=O) groups is 1. The van der Waals surface area contributed by atoms with Crippen LogP contribution in [0.5, 0.6) is 5.75 Å². The molecule has 1 amide bonds. The SMILES string of the molecule is COCC(C)(C)Nc1cc2c(cc1[N+](=O)[O-])OCC(=O)N2. The van der Waals surface area contributed by atoms with Crippen LogP contribution in [-0.4, -0.2) is 36.7 Å². The molecule has 0 saturated heterocycles. The molecule has 0 aromatic heterocycles. The summed E-state index contributed by atoms with van der Waals surface area (Å²) in [6, 6.07) is 2.81. The number of fused-ring (bicyclic) bond motifs is 1. The van der Waals surface area contributed by atoms with Crippen LogP contribution in [0.3, 0.4) is 0 Å². The molecule has 2 rings (SSSR count). The number of benzene rings is 1. The summed E-state index contributed by atoms with van der Waals surface area (Å²) in [6.45, 7) is 3.93. The zero-order valence-electron chi connectivity index (χ0n) is 12.1. The van der Waals surface area contributed by atoms with Gasteiger partial charge in [-0.15, -0.1) is 0 Å². The molecule has 0 spiro atoms. The van der Waals surface area contributed by atoms with Gasteiger partial charge >= 0.3 is 0 Å². The van der Waals surface area contributed by atoms with Crippen molar-refractivity contribution in [1.82, 2.24) is 0 Å². The van der Waals surface area contributed by atoms with E-state index in [4.69, 9.17) is 9.47 Å². The number of nitrogens with zero attached hydrogens (tertiary/aromatic N) is 1. The molecule has 21 heavy (non-hydrogen) atoms. The fourth-order valence-electron chi connectivity index (χ4n) is 2.13. The number of ether oxygens (including phenoxy) is 2. The lowest BCUT2D eigenvalue weighted by atomic mass is 10.1. The number of hydrogen-bond acceptors (Lipinski definition) is 6. The van der Waals surface area contributed by atoms with Crippen molar-refractivity contribution in [2.45, 2.75) is 19.4 Å². The number of carbonyl (C=O) groups excluding carboxylic acids is 1. The third-order valence-electron chi connectivity index (χ3n) is 2.91. The Hall–Kier alpha value is -2.35. The highest BCUT2D eigenvalue weighted by atomic mass is 16.6. The van der Waals surface area contributed by atoms with Gasteiger partial charge in [0.15, 0.2) is 12.4 Å². The number of nitro benzene ring substituents is 1. The van der Waals surface area contributed by atoms with E-state index in [1.807, 2.05) is 13.8 Å². The lowest BCUT2D eigenvalue weighted by Crippen LogP contribution is -2.36. The molecule has 2 N–H and O–H groups in total. The average Bonchev–Trinajstić information content (AvgIpc) is 2.36. The van der Waals surface area contributed by atoms with Gasteiger partial charge in [-0.05, 0) is 19.9 Å². The minimum Gasteiger partial charge on any atom is -0.481 e. The minimum atomic E-state index is -0.507. The Morgan fingerprint density at radius 1 is 1.52 bits per heavy atom. The van der Waals surface area contributed by atoms with Gasteiger partial charge in [0.05, 0.1) is 28.8 Å². The average molecular weight is 295 g/mol. The maximum atomic E-state index is 11.3. The molecule has 0 saturated carbocycles. The van der Waals surface area contributed by atoms with Crippen molar-refractivity contribution in [1.29, 1.82) is 0 Å². The van der Waals surface area contributed by atoms with E-state index < -0.39 is 10.5 Å². The van der Waals surface area contributed by atoms with E-state index in [1.54, 1.807) is 7.11 Å². The summed E-state index contributed by atoms with van der Waals surface area (Å²) in [6.07, 6.45) is 0. The molecule has 1 aliphatic heterocycles. The highest BCUT2D eigenvalue weighted by Gasteiger charge is 2.27. The highest BCUT2D eigenvalue weighted by molar-refractivity contribution is 5.96. The Morgan fingerprint density at radius 2 is 2.24 bits per heavy atom. The number of nitrogens with one attached hydrogen (secondary N) is 2. The molecule has 1 heterocycles. The zero-order valence-corrected chi connectivity index (χ0v) is 12.1. The van der Waals surface area contributed by atoms with Gasteiger partial charge in [-0.2, -0.15) is 0 Å². The Balaban J connectivity index is 2.41. The van der Waals surface area contributed by atoms with Crippen molar-refractivity contribution in [2.75, 3.05) is 31.0 Å². The van der Waals surface area contributed by atoms with E-state index in [9.17, 15) is 14.9 Å². The summed E-state index contributed by atoms with van der Waals surface area (Å²) in [5.41, 5.74) is 0.0843. The van der Waals surface area contributed by atoms with Gasteiger partial charge in [0.1, 0.15) is 5.69 Å². The first-order chi connectivity index (χ1) is 9.82. The number of methoxy groups -OCH3 is 1. The molecule has 0 bridgehead atoms. The van der Waals surface area contributed by atoms with Crippen molar-refractivity contribution >= 4 is 23.0 Å². The standard InChI is InChI=1S/C13H17N3O5/c1-13(2,7-20-3)15-8-4-9-11(5-10(8)16(18)19)21-6-12(17)14-9/h4-5,15H,6-7H2,1-3H3,(H,14,17). The van der Waals surface area contributed by atoms with Gasteiger partial charge in [-0.3, -0.25) is 14.9 Å². The van der Waals surface area contributed by atoms with Crippen LogP contribution in [-0.2, 0) is 9.53 Å². The number of nitro groups is 1. The Kier molecular flexibility index (Phi) is 3.99. The van der Waals surface area contributed by atoms with Gasteiger partial charge in [-0.1, -0.05) is 0 Å². The zero-order chi connectivity index (χ0) is 15.6. The van der Waals surface area contributed by atoms with Gasteiger partial charge in [0.25, 0.3) is 11.6 Å². The molecule has 8 nitrogen and oxygen atoms in total. The second-order valence-corrected chi connectivity index (χ2v) is 5.40. The fraction of sp³-hybridized carbons (Fsp3) is 0.462.